The van der Waals surface area contributed by atoms with Crippen LogP contribution in [0.25, 0.3) is 0 Å². The molecule has 0 radical (unpaired) electrons. The number of para-hydroxylation sites is 1. The van der Waals surface area contributed by atoms with E-state index in [4.69, 9.17) is 4.74 Å². The summed E-state index contributed by atoms with van der Waals surface area (Å²) < 4.78 is 5.31. The molecular weight excluding hydrogens is 288 g/mol. The van der Waals surface area contributed by atoms with Gasteiger partial charge in [0.25, 0.3) is 0 Å². The second kappa shape index (κ2) is 6.02. The highest BCUT2D eigenvalue weighted by molar-refractivity contribution is 7.98. The van der Waals surface area contributed by atoms with Gasteiger partial charge in [-0.2, -0.15) is 11.8 Å². The summed E-state index contributed by atoms with van der Waals surface area (Å²) in [5, 5.41) is 0. The predicted octanol–water partition coefficient (Wildman–Crippen LogP) is 3.97. The highest BCUT2D eigenvalue weighted by atomic mass is 32.2. The first-order chi connectivity index (χ1) is 9.78. The molecule has 0 fully saturated rings. The lowest BCUT2D eigenvalue weighted by Gasteiger charge is -2.08. The lowest BCUT2D eigenvalue weighted by atomic mass is 10.1. The van der Waals surface area contributed by atoms with Gasteiger partial charge in [0.05, 0.1) is 12.0 Å². The van der Waals surface area contributed by atoms with Gasteiger partial charge in [0.2, 0.25) is 0 Å². The van der Waals surface area contributed by atoms with Crippen molar-refractivity contribution in [3.05, 3.63) is 51.2 Å². The van der Waals surface area contributed by atoms with E-state index < -0.39 is 0 Å². The van der Waals surface area contributed by atoms with Gasteiger partial charge in [0.15, 0.2) is 5.78 Å². The van der Waals surface area contributed by atoms with Crippen molar-refractivity contribution >= 4 is 28.9 Å². The predicted molar refractivity (Wildman–Crippen MR) is 85.2 cm³/mol. The molecule has 4 heteroatoms. The molecule has 0 N–H and O–H groups in total. The summed E-state index contributed by atoms with van der Waals surface area (Å²) >= 11 is 3.62. The molecule has 0 unspecified atom stereocenters. The molecule has 1 aliphatic rings. The van der Waals surface area contributed by atoms with Gasteiger partial charge in [0, 0.05) is 22.6 Å². The summed E-state index contributed by atoms with van der Waals surface area (Å²) in [6.45, 7) is 0. The van der Waals surface area contributed by atoms with Crippen LogP contribution in [0.5, 0.6) is 5.75 Å². The molecule has 104 valence electrons. The Morgan fingerprint density at radius 3 is 3.00 bits per heavy atom. The Bertz CT molecular complexity index is 608. The van der Waals surface area contributed by atoms with Crippen molar-refractivity contribution in [1.82, 2.24) is 0 Å². The minimum Gasteiger partial charge on any atom is -0.496 e. The van der Waals surface area contributed by atoms with Crippen LogP contribution in [-0.4, -0.2) is 18.6 Å². The molecule has 20 heavy (non-hydrogen) atoms. The van der Waals surface area contributed by atoms with Gasteiger partial charge in [0.1, 0.15) is 5.75 Å². The highest BCUT2D eigenvalue weighted by Gasteiger charge is 2.18. The molecule has 0 atom stereocenters. The third-order valence-electron chi connectivity index (χ3n) is 3.45. The van der Waals surface area contributed by atoms with Crippen molar-refractivity contribution in [1.29, 1.82) is 0 Å². The summed E-state index contributed by atoms with van der Waals surface area (Å²) in [4.78, 5) is 14.7. The van der Waals surface area contributed by atoms with Crippen LogP contribution in [0.15, 0.2) is 30.3 Å². The zero-order valence-corrected chi connectivity index (χ0v) is 13.0. The average Bonchev–Trinajstić information content (AvgIpc) is 2.92. The number of Topliss-reactive ketones (excluding diaryl/α,β-unsaturated/α-hetero) is 1. The molecule has 1 aromatic heterocycles. The number of hydrogen-bond acceptors (Lipinski definition) is 4. The first-order valence-electron chi connectivity index (χ1n) is 6.62. The Balaban J connectivity index is 1.81. The van der Waals surface area contributed by atoms with E-state index in [1.165, 1.54) is 16.2 Å². The third kappa shape index (κ3) is 2.76. The lowest BCUT2D eigenvalue weighted by molar-refractivity contribution is 0.0996. The molecule has 2 aromatic rings. The first-order valence-corrected chi connectivity index (χ1v) is 8.59. The van der Waals surface area contributed by atoms with Gasteiger partial charge in [-0.1, -0.05) is 18.2 Å². The van der Waals surface area contributed by atoms with Crippen molar-refractivity contribution in [3.8, 4) is 5.75 Å². The number of carbonyl (C=O) groups is 1. The number of rotatable bonds is 4. The lowest BCUT2D eigenvalue weighted by Crippen LogP contribution is -2.03. The fraction of sp³-hybridized carbons (Fsp3) is 0.312. The summed E-state index contributed by atoms with van der Waals surface area (Å²) in [6, 6.07) is 9.82. The molecule has 2 heterocycles. The zero-order chi connectivity index (χ0) is 13.9. The molecular formula is C16H16O2S2. The molecule has 3 rings (SSSR count). The van der Waals surface area contributed by atoms with Gasteiger partial charge in [-0.05, 0) is 29.9 Å². The summed E-state index contributed by atoms with van der Waals surface area (Å²) in [5.74, 6) is 3.21. The number of methoxy groups -OCH3 is 1. The monoisotopic (exact) mass is 304 g/mol. The van der Waals surface area contributed by atoms with Crippen molar-refractivity contribution in [2.45, 2.75) is 18.6 Å². The van der Waals surface area contributed by atoms with Crippen LogP contribution in [0.4, 0.5) is 0 Å². The van der Waals surface area contributed by atoms with Crippen molar-refractivity contribution in [2.75, 3.05) is 12.9 Å². The third-order valence-corrected chi connectivity index (χ3v) is 5.73. The quantitative estimate of drug-likeness (QED) is 0.800. The number of aryl methyl sites for hydroxylation is 1. The van der Waals surface area contributed by atoms with Crippen LogP contribution in [0.1, 0.15) is 25.7 Å². The van der Waals surface area contributed by atoms with E-state index in [1.807, 2.05) is 36.0 Å². The zero-order valence-electron chi connectivity index (χ0n) is 11.3. The number of thiophene rings is 1. The topological polar surface area (TPSA) is 26.3 Å². The van der Waals surface area contributed by atoms with Gasteiger partial charge in [-0.15, -0.1) is 11.3 Å². The van der Waals surface area contributed by atoms with E-state index in [0.717, 1.165) is 28.4 Å². The second-order valence-corrected chi connectivity index (χ2v) is 7.02. The highest BCUT2D eigenvalue weighted by Crippen LogP contribution is 2.32. The molecule has 0 spiro atoms. The minimum absolute atomic E-state index is 0.193. The van der Waals surface area contributed by atoms with Gasteiger partial charge in [-0.3, -0.25) is 4.79 Å². The van der Waals surface area contributed by atoms with Crippen LogP contribution >= 0.6 is 23.1 Å². The first kappa shape index (κ1) is 13.7. The van der Waals surface area contributed by atoms with Crippen LogP contribution in [0.2, 0.25) is 0 Å². The fourth-order valence-electron chi connectivity index (χ4n) is 2.39. The molecule has 0 saturated heterocycles. The Morgan fingerprint density at radius 1 is 1.35 bits per heavy atom. The van der Waals surface area contributed by atoms with Crippen LogP contribution in [-0.2, 0) is 18.6 Å². The normalized spacial score (nSPS) is 13.8. The molecule has 0 saturated carbocycles. The van der Waals surface area contributed by atoms with E-state index in [9.17, 15) is 4.79 Å². The van der Waals surface area contributed by atoms with Crippen LogP contribution in [0.3, 0.4) is 0 Å². The molecule has 1 aliphatic heterocycles. The van der Waals surface area contributed by atoms with Gasteiger partial charge in [-0.25, -0.2) is 0 Å². The van der Waals surface area contributed by atoms with E-state index in [1.54, 1.807) is 18.4 Å². The van der Waals surface area contributed by atoms with Crippen LogP contribution < -0.4 is 4.74 Å². The van der Waals surface area contributed by atoms with Gasteiger partial charge < -0.3 is 4.74 Å². The number of thioether (sulfide) groups is 1. The number of fused-ring (bicyclic) bond motifs is 1. The van der Waals surface area contributed by atoms with Gasteiger partial charge >= 0.3 is 0 Å². The minimum atomic E-state index is 0.193. The Labute approximate surface area is 127 Å². The standard InChI is InChI=1S/C16H16O2S2/c1-18-14-5-3-2-4-11(14)8-13(17)16-9-12-10-19-7-6-15(12)20-16/h2-5,9H,6-8,10H2,1H3. The fourth-order valence-corrected chi connectivity index (χ4v) is 4.70. The summed E-state index contributed by atoms with van der Waals surface area (Å²) in [5.41, 5.74) is 2.32. The summed E-state index contributed by atoms with van der Waals surface area (Å²) in [6.07, 6.45) is 1.52. The maximum absolute atomic E-state index is 12.4. The SMILES string of the molecule is COc1ccccc1CC(=O)c1cc2c(s1)CCSC2. The maximum atomic E-state index is 12.4. The Kier molecular flexibility index (Phi) is 4.13. The largest absolute Gasteiger partial charge is 0.496 e. The molecule has 2 nitrogen and oxygen atoms in total. The smallest absolute Gasteiger partial charge is 0.177 e. The second-order valence-electron chi connectivity index (χ2n) is 4.77. The Morgan fingerprint density at radius 2 is 2.20 bits per heavy atom. The van der Waals surface area contributed by atoms with E-state index in [0.29, 0.717) is 6.42 Å². The maximum Gasteiger partial charge on any atom is 0.177 e. The number of ketones is 1. The number of hydrogen-bond donors (Lipinski definition) is 0. The van der Waals surface area contributed by atoms with E-state index in [-0.39, 0.29) is 5.78 Å². The van der Waals surface area contributed by atoms with Crippen molar-refractivity contribution < 1.29 is 9.53 Å². The van der Waals surface area contributed by atoms with E-state index in [2.05, 4.69) is 6.07 Å². The van der Waals surface area contributed by atoms with Crippen molar-refractivity contribution in [3.63, 3.8) is 0 Å². The average molecular weight is 304 g/mol. The van der Waals surface area contributed by atoms with E-state index >= 15 is 0 Å². The van der Waals surface area contributed by atoms with Crippen molar-refractivity contribution in [2.24, 2.45) is 0 Å². The number of benzene rings is 1. The molecule has 1 aromatic carbocycles. The molecule has 0 amide bonds. The number of carbonyl (C=O) groups excluding carboxylic acids is 1. The molecule has 0 bridgehead atoms. The molecule has 0 aliphatic carbocycles. The number of ether oxygens (including phenoxy) is 1. The summed E-state index contributed by atoms with van der Waals surface area (Å²) in [7, 11) is 1.64. The Hall–Kier alpha value is -1.26. The van der Waals surface area contributed by atoms with Crippen LogP contribution in [0, 0.1) is 0 Å².